The van der Waals surface area contributed by atoms with Crippen LogP contribution in [-0.2, 0) is 4.74 Å². The second-order valence-electron chi connectivity index (χ2n) is 4.18. The highest BCUT2D eigenvalue weighted by atomic mass is 32.1. The highest BCUT2D eigenvalue weighted by molar-refractivity contribution is 7.12. The molecule has 0 amide bonds. The van der Waals surface area contributed by atoms with Crippen LogP contribution >= 0.6 is 11.3 Å². The smallest absolute Gasteiger partial charge is 0.189 e. The van der Waals surface area contributed by atoms with Crippen LogP contribution in [0.5, 0.6) is 0 Å². The van der Waals surface area contributed by atoms with Crippen molar-refractivity contribution in [2.45, 2.75) is 19.9 Å². The largest absolute Gasteiger partial charge is 0.379 e. The summed E-state index contributed by atoms with van der Waals surface area (Å²) in [4.78, 5) is 15.3. The molecule has 88 valence electrons. The zero-order chi connectivity index (χ0) is 11.5. The fourth-order valence-electron chi connectivity index (χ4n) is 1.90. The number of morpholine rings is 1. The van der Waals surface area contributed by atoms with Crippen LogP contribution in [0.3, 0.4) is 0 Å². The summed E-state index contributed by atoms with van der Waals surface area (Å²) in [6.45, 7) is 7.20. The van der Waals surface area contributed by atoms with Crippen LogP contribution in [0.25, 0.3) is 0 Å². The number of hydrogen-bond acceptors (Lipinski definition) is 4. The molecule has 16 heavy (non-hydrogen) atoms. The Bertz CT molecular complexity index is 369. The van der Waals surface area contributed by atoms with Gasteiger partial charge in [0.05, 0.1) is 24.1 Å². The van der Waals surface area contributed by atoms with Gasteiger partial charge in [-0.2, -0.15) is 0 Å². The molecule has 2 heterocycles. The molecule has 0 aromatic carbocycles. The van der Waals surface area contributed by atoms with Crippen LogP contribution in [0, 0.1) is 6.92 Å². The molecule has 1 aromatic heterocycles. The van der Waals surface area contributed by atoms with E-state index < -0.39 is 0 Å². The summed E-state index contributed by atoms with van der Waals surface area (Å²) in [5.74, 6) is 0.236. The zero-order valence-corrected chi connectivity index (χ0v) is 10.5. The number of aryl methyl sites for hydroxylation is 1. The summed E-state index contributed by atoms with van der Waals surface area (Å²) in [7, 11) is 0. The maximum absolute atomic E-state index is 12.2. The first-order chi connectivity index (χ1) is 7.68. The fourth-order valence-corrected chi connectivity index (χ4v) is 2.82. The van der Waals surface area contributed by atoms with Crippen molar-refractivity contribution >= 4 is 17.1 Å². The van der Waals surface area contributed by atoms with E-state index >= 15 is 0 Å². The number of hydrogen-bond donors (Lipinski definition) is 0. The standard InChI is InChI=1S/C12H17NO2S/c1-9-7-11(16-8-9)12(14)10(2)13-3-5-15-6-4-13/h7-8,10H,3-6H2,1-2H3. The van der Waals surface area contributed by atoms with Crippen LogP contribution in [0.15, 0.2) is 11.4 Å². The molecule has 1 unspecified atom stereocenters. The Labute approximate surface area is 100 Å². The minimum Gasteiger partial charge on any atom is -0.379 e. The number of nitrogens with zero attached hydrogens (tertiary/aromatic N) is 1. The van der Waals surface area contributed by atoms with Gasteiger partial charge in [0.25, 0.3) is 0 Å². The monoisotopic (exact) mass is 239 g/mol. The van der Waals surface area contributed by atoms with Crippen molar-refractivity contribution in [3.8, 4) is 0 Å². The van der Waals surface area contributed by atoms with Gasteiger partial charge in [-0.25, -0.2) is 0 Å². The Hall–Kier alpha value is -0.710. The van der Waals surface area contributed by atoms with E-state index in [0.717, 1.165) is 31.2 Å². The number of thiophene rings is 1. The second-order valence-corrected chi connectivity index (χ2v) is 5.09. The average molecular weight is 239 g/mol. The van der Waals surface area contributed by atoms with Crippen molar-refractivity contribution in [1.29, 1.82) is 0 Å². The lowest BCUT2D eigenvalue weighted by molar-refractivity contribution is 0.0210. The SMILES string of the molecule is Cc1csc(C(=O)C(C)N2CCOCC2)c1. The van der Waals surface area contributed by atoms with Crippen LogP contribution in [0.1, 0.15) is 22.2 Å². The number of ether oxygens (including phenoxy) is 1. The van der Waals surface area contributed by atoms with E-state index in [0.29, 0.717) is 0 Å². The average Bonchev–Trinajstić information content (AvgIpc) is 2.75. The fraction of sp³-hybridized carbons (Fsp3) is 0.583. The summed E-state index contributed by atoms with van der Waals surface area (Å²) in [6.07, 6.45) is 0. The van der Waals surface area contributed by atoms with Gasteiger partial charge in [0.1, 0.15) is 0 Å². The third kappa shape index (κ3) is 2.51. The molecule has 2 rings (SSSR count). The Morgan fingerprint density at radius 2 is 2.19 bits per heavy atom. The van der Waals surface area contributed by atoms with Crippen molar-refractivity contribution in [1.82, 2.24) is 4.90 Å². The number of rotatable bonds is 3. The lowest BCUT2D eigenvalue weighted by Gasteiger charge is -2.31. The molecule has 3 nitrogen and oxygen atoms in total. The molecule has 0 saturated carbocycles. The molecule has 0 radical (unpaired) electrons. The maximum atomic E-state index is 12.2. The molecule has 1 aliphatic heterocycles. The minimum atomic E-state index is -0.0260. The van der Waals surface area contributed by atoms with Crippen molar-refractivity contribution in [2.24, 2.45) is 0 Å². The van der Waals surface area contributed by atoms with Gasteiger partial charge in [0.15, 0.2) is 5.78 Å². The minimum absolute atomic E-state index is 0.0260. The molecule has 1 atom stereocenters. The van der Waals surface area contributed by atoms with Gasteiger partial charge < -0.3 is 4.74 Å². The molecule has 0 N–H and O–H groups in total. The van der Waals surface area contributed by atoms with Gasteiger partial charge in [0, 0.05) is 13.1 Å². The van der Waals surface area contributed by atoms with Gasteiger partial charge in [0.2, 0.25) is 0 Å². The summed E-state index contributed by atoms with van der Waals surface area (Å²) >= 11 is 1.54. The molecule has 1 aromatic rings. The van der Waals surface area contributed by atoms with E-state index in [9.17, 15) is 4.79 Å². The van der Waals surface area contributed by atoms with E-state index in [1.807, 2.05) is 25.3 Å². The zero-order valence-electron chi connectivity index (χ0n) is 9.73. The van der Waals surface area contributed by atoms with Gasteiger partial charge >= 0.3 is 0 Å². The molecule has 4 heteroatoms. The Morgan fingerprint density at radius 1 is 1.50 bits per heavy atom. The first-order valence-corrected chi connectivity index (χ1v) is 6.47. The molecule has 0 aliphatic carbocycles. The predicted molar refractivity (Wildman–Crippen MR) is 65.2 cm³/mol. The first kappa shape index (κ1) is 11.8. The third-order valence-corrected chi connectivity index (χ3v) is 4.01. The van der Waals surface area contributed by atoms with Crippen molar-refractivity contribution in [3.63, 3.8) is 0 Å². The van der Waals surface area contributed by atoms with E-state index in [1.54, 1.807) is 11.3 Å². The van der Waals surface area contributed by atoms with Crippen LogP contribution in [0.2, 0.25) is 0 Å². The molecule has 0 spiro atoms. The lowest BCUT2D eigenvalue weighted by atomic mass is 10.1. The number of carbonyl (C=O) groups is 1. The third-order valence-electron chi connectivity index (χ3n) is 2.95. The first-order valence-electron chi connectivity index (χ1n) is 5.59. The Balaban J connectivity index is 2.03. The predicted octanol–water partition coefficient (Wildman–Crippen LogP) is 1.96. The van der Waals surface area contributed by atoms with E-state index in [-0.39, 0.29) is 11.8 Å². The van der Waals surface area contributed by atoms with Crippen molar-refractivity contribution in [2.75, 3.05) is 26.3 Å². The number of ketones is 1. The summed E-state index contributed by atoms with van der Waals surface area (Å²) < 4.78 is 5.29. The maximum Gasteiger partial charge on any atom is 0.189 e. The number of Topliss-reactive ketones (excluding diaryl/α,β-unsaturated/α-hetero) is 1. The van der Waals surface area contributed by atoms with E-state index in [4.69, 9.17) is 4.74 Å². The van der Waals surface area contributed by atoms with Crippen LogP contribution in [0.4, 0.5) is 0 Å². The van der Waals surface area contributed by atoms with Crippen molar-refractivity contribution < 1.29 is 9.53 Å². The lowest BCUT2D eigenvalue weighted by Crippen LogP contribution is -2.45. The molecular formula is C12H17NO2S. The second kappa shape index (κ2) is 5.08. The molecule has 1 fully saturated rings. The number of carbonyl (C=O) groups excluding carboxylic acids is 1. The molecule has 0 bridgehead atoms. The van der Waals surface area contributed by atoms with Gasteiger partial charge in [-0.1, -0.05) is 0 Å². The highest BCUT2D eigenvalue weighted by Gasteiger charge is 2.24. The van der Waals surface area contributed by atoms with Crippen LogP contribution < -0.4 is 0 Å². The summed E-state index contributed by atoms with van der Waals surface area (Å²) in [5, 5.41) is 2.03. The topological polar surface area (TPSA) is 29.5 Å². The molecular weight excluding hydrogens is 222 g/mol. The quantitative estimate of drug-likeness (QED) is 0.755. The van der Waals surface area contributed by atoms with Gasteiger partial charge in [-0.3, -0.25) is 9.69 Å². The summed E-state index contributed by atoms with van der Waals surface area (Å²) in [5.41, 5.74) is 1.17. The van der Waals surface area contributed by atoms with E-state index in [2.05, 4.69) is 4.90 Å². The molecule has 1 aliphatic rings. The normalized spacial score (nSPS) is 19.6. The van der Waals surface area contributed by atoms with Gasteiger partial charge in [-0.05, 0) is 30.9 Å². The Morgan fingerprint density at radius 3 is 2.75 bits per heavy atom. The highest BCUT2D eigenvalue weighted by Crippen LogP contribution is 2.18. The van der Waals surface area contributed by atoms with Crippen molar-refractivity contribution in [3.05, 3.63) is 21.9 Å². The van der Waals surface area contributed by atoms with E-state index in [1.165, 1.54) is 5.56 Å². The Kier molecular flexibility index (Phi) is 3.74. The van der Waals surface area contributed by atoms with Gasteiger partial charge in [-0.15, -0.1) is 11.3 Å². The van der Waals surface area contributed by atoms with Crippen LogP contribution in [-0.4, -0.2) is 43.0 Å². The molecule has 1 saturated heterocycles. The summed E-state index contributed by atoms with van der Waals surface area (Å²) in [6, 6.07) is 1.95.